The van der Waals surface area contributed by atoms with E-state index in [1.807, 2.05) is 5.40 Å². The number of thiocyanates is 1. The van der Waals surface area contributed by atoms with E-state index in [9.17, 15) is 8.42 Å². The van der Waals surface area contributed by atoms with Gasteiger partial charge < -0.3 is 0 Å². The van der Waals surface area contributed by atoms with Crippen molar-refractivity contribution in [2.45, 2.75) is 11.8 Å². The van der Waals surface area contributed by atoms with Gasteiger partial charge in [0.25, 0.3) is 10.0 Å². The molecule has 0 aromatic heterocycles. The van der Waals surface area contributed by atoms with Crippen LogP contribution in [0.4, 0.5) is 5.69 Å². The van der Waals surface area contributed by atoms with E-state index in [4.69, 9.17) is 16.9 Å². The number of sulfonamides is 1. The van der Waals surface area contributed by atoms with Crippen LogP contribution in [-0.4, -0.2) is 8.42 Å². The summed E-state index contributed by atoms with van der Waals surface area (Å²) in [5.74, 6) is 0. The number of nitrogens with one attached hydrogen (secondary N) is 1. The summed E-state index contributed by atoms with van der Waals surface area (Å²) in [6.45, 7) is 1.78. The van der Waals surface area contributed by atoms with Gasteiger partial charge in [0.15, 0.2) is 0 Å². The lowest BCUT2D eigenvalue weighted by Crippen LogP contribution is -2.09. The predicted molar refractivity (Wildman–Crippen MR) is 95.7 cm³/mol. The lowest BCUT2D eigenvalue weighted by Gasteiger charge is -2.08. The highest BCUT2D eigenvalue weighted by Gasteiger charge is 2.08. The number of nitriles is 1. The van der Waals surface area contributed by atoms with Crippen LogP contribution in [-0.2, 0) is 10.0 Å². The summed E-state index contributed by atoms with van der Waals surface area (Å²) in [7, 11) is -3.63. The van der Waals surface area contributed by atoms with Gasteiger partial charge in [0.1, 0.15) is 5.40 Å². The van der Waals surface area contributed by atoms with Crippen LogP contribution in [0, 0.1) is 17.6 Å². The van der Waals surface area contributed by atoms with Gasteiger partial charge in [-0.05, 0) is 66.2 Å². The smallest absolute Gasteiger partial charge is 0.255 e. The summed E-state index contributed by atoms with van der Waals surface area (Å²) in [5.41, 5.74) is 1.96. The maximum atomic E-state index is 12.1. The molecule has 2 rings (SSSR count). The normalized spacial score (nSPS) is 11.3. The van der Waals surface area contributed by atoms with Crippen molar-refractivity contribution >= 4 is 45.1 Å². The molecule has 4 nitrogen and oxygen atoms in total. The van der Waals surface area contributed by atoms with Gasteiger partial charge in [0.05, 0.1) is 11.1 Å². The monoisotopic (exact) mass is 364 g/mol. The Kier molecular flexibility index (Phi) is 5.72. The van der Waals surface area contributed by atoms with E-state index < -0.39 is 10.0 Å². The fourth-order valence-corrected chi connectivity index (χ4v) is 3.34. The first kappa shape index (κ1) is 17.4. The molecule has 1 N–H and O–H groups in total. The molecule has 2 aromatic rings. The summed E-state index contributed by atoms with van der Waals surface area (Å²) in [4.78, 5) is 0.768. The second kappa shape index (κ2) is 7.55. The summed E-state index contributed by atoms with van der Waals surface area (Å²) >= 11 is 6.81. The zero-order valence-electron chi connectivity index (χ0n) is 12.2. The summed E-state index contributed by atoms with van der Waals surface area (Å²) in [5, 5.41) is 12.3. The van der Waals surface area contributed by atoms with Crippen LogP contribution < -0.4 is 4.72 Å². The summed E-state index contributed by atoms with van der Waals surface area (Å²) in [6, 6.07) is 11.9. The fourth-order valence-electron chi connectivity index (χ4n) is 1.80. The van der Waals surface area contributed by atoms with Gasteiger partial charge in [-0.1, -0.05) is 23.7 Å². The van der Waals surface area contributed by atoms with Crippen molar-refractivity contribution in [3.63, 3.8) is 0 Å². The number of anilines is 1. The molecule has 2 aromatic carbocycles. The van der Waals surface area contributed by atoms with Crippen LogP contribution >= 0.6 is 23.4 Å². The van der Waals surface area contributed by atoms with Crippen LogP contribution in [0.25, 0.3) is 6.08 Å². The van der Waals surface area contributed by atoms with Crippen molar-refractivity contribution in [1.82, 2.24) is 0 Å². The molecule has 0 aliphatic carbocycles. The Hall–Kier alpha value is -1.94. The van der Waals surface area contributed by atoms with Crippen LogP contribution in [0.3, 0.4) is 0 Å². The molecule has 0 unspecified atom stereocenters. The highest BCUT2D eigenvalue weighted by Crippen LogP contribution is 2.24. The van der Waals surface area contributed by atoms with Crippen molar-refractivity contribution in [2.75, 3.05) is 4.72 Å². The van der Waals surface area contributed by atoms with E-state index in [2.05, 4.69) is 4.72 Å². The number of benzene rings is 2. The second-order valence-electron chi connectivity index (χ2n) is 4.67. The molecule has 0 aliphatic rings. The van der Waals surface area contributed by atoms with Crippen LogP contribution in [0.2, 0.25) is 5.02 Å². The van der Waals surface area contributed by atoms with Gasteiger partial charge in [-0.15, -0.1) is 0 Å². The SMILES string of the molecule is Cc1cc(SC#N)ccc1NS(=O)(=O)C=Cc1ccc(Cl)cc1. The maximum absolute atomic E-state index is 12.1. The summed E-state index contributed by atoms with van der Waals surface area (Å²) < 4.78 is 26.7. The molecule has 0 bridgehead atoms. The lowest BCUT2D eigenvalue weighted by molar-refractivity contribution is 0.609. The van der Waals surface area contributed by atoms with E-state index in [0.29, 0.717) is 10.7 Å². The van der Waals surface area contributed by atoms with Gasteiger partial charge in [-0.3, -0.25) is 4.72 Å². The highest BCUT2D eigenvalue weighted by molar-refractivity contribution is 8.03. The first-order valence-corrected chi connectivity index (χ1v) is 9.27. The Morgan fingerprint density at radius 1 is 1.22 bits per heavy atom. The zero-order valence-corrected chi connectivity index (χ0v) is 14.5. The van der Waals surface area contributed by atoms with Crippen LogP contribution in [0.5, 0.6) is 0 Å². The quantitative estimate of drug-likeness (QED) is 0.620. The average molecular weight is 365 g/mol. The Balaban J connectivity index is 2.15. The molecule has 118 valence electrons. The number of thioether (sulfide) groups is 1. The molecular formula is C16H13ClN2O2S2. The third-order valence-corrected chi connectivity index (χ3v) is 4.75. The number of nitrogens with zero attached hydrogens (tertiary/aromatic N) is 1. The third-order valence-electron chi connectivity index (χ3n) is 2.92. The molecule has 0 spiro atoms. The molecule has 0 aliphatic heterocycles. The van der Waals surface area contributed by atoms with E-state index in [-0.39, 0.29) is 0 Å². The topological polar surface area (TPSA) is 70.0 Å². The highest BCUT2D eigenvalue weighted by atomic mass is 35.5. The minimum Gasteiger partial charge on any atom is -0.280 e. The standard InChI is InChI=1S/C16H13ClN2O2S2/c1-12-10-15(22-11-18)6-7-16(12)19-23(20,21)9-8-13-2-4-14(17)5-3-13/h2-10,19H,1H3. The molecular weight excluding hydrogens is 352 g/mol. The van der Waals surface area contributed by atoms with Gasteiger partial charge in [0, 0.05) is 9.92 Å². The lowest BCUT2D eigenvalue weighted by atomic mass is 10.2. The second-order valence-corrected chi connectivity index (χ2v) is 7.53. The molecule has 0 heterocycles. The van der Waals surface area contributed by atoms with Gasteiger partial charge in [0.2, 0.25) is 0 Å². The number of aryl methyl sites for hydroxylation is 1. The maximum Gasteiger partial charge on any atom is 0.255 e. The van der Waals surface area contributed by atoms with Gasteiger partial charge >= 0.3 is 0 Å². The predicted octanol–water partition coefficient (Wildman–Crippen LogP) is 4.63. The molecule has 0 fully saturated rings. The van der Waals surface area contributed by atoms with E-state index in [1.165, 1.54) is 6.08 Å². The Morgan fingerprint density at radius 3 is 2.52 bits per heavy atom. The fraction of sp³-hybridized carbons (Fsp3) is 0.0625. The van der Waals surface area contributed by atoms with Crippen molar-refractivity contribution in [1.29, 1.82) is 5.26 Å². The molecule has 0 saturated heterocycles. The largest absolute Gasteiger partial charge is 0.280 e. The molecule has 0 amide bonds. The van der Waals surface area contributed by atoms with Crippen LogP contribution in [0.15, 0.2) is 52.8 Å². The van der Waals surface area contributed by atoms with Gasteiger partial charge in [-0.25, -0.2) is 8.42 Å². The molecule has 0 radical (unpaired) electrons. The van der Waals surface area contributed by atoms with E-state index in [1.54, 1.807) is 49.4 Å². The first-order chi connectivity index (χ1) is 10.9. The molecule has 23 heavy (non-hydrogen) atoms. The van der Waals surface area contributed by atoms with E-state index in [0.717, 1.165) is 33.2 Å². The Morgan fingerprint density at radius 2 is 1.91 bits per heavy atom. The first-order valence-electron chi connectivity index (χ1n) is 6.53. The van der Waals surface area contributed by atoms with Gasteiger partial charge in [-0.2, -0.15) is 5.26 Å². The van der Waals surface area contributed by atoms with Crippen molar-refractivity contribution in [2.24, 2.45) is 0 Å². The van der Waals surface area contributed by atoms with Crippen LogP contribution in [0.1, 0.15) is 11.1 Å². The number of hydrogen-bond donors (Lipinski definition) is 1. The zero-order chi connectivity index (χ0) is 16.9. The molecule has 7 heteroatoms. The minimum atomic E-state index is -3.63. The number of rotatable bonds is 5. The molecule has 0 saturated carbocycles. The number of halogens is 1. The number of hydrogen-bond acceptors (Lipinski definition) is 4. The summed E-state index contributed by atoms with van der Waals surface area (Å²) in [6.07, 6.45) is 1.49. The average Bonchev–Trinajstić information content (AvgIpc) is 2.50. The van der Waals surface area contributed by atoms with Crippen molar-refractivity contribution < 1.29 is 8.42 Å². The van der Waals surface area contributed by atoms with Crippen molar-refractivity contribution in [3.05, 3.63) is 64.0 Å². The Bertz CT molecular complexity index is 870. The van der Waals surface area contributed by atoms with E-state index >= 15 is 0 Å². The molecule has 0 atom stereocenters. The Labute approximate surface area is 144 Å². The third kappa shape index (κ3) is 5.32. The van der Waals surface area contributed by atoms with Crippen molar-refractivity contribution in [3.8, 4) is 5.40 Å². The minimum absolute atomic E-state index is 0.480.